The van der Waals surface area contributed by atoms with E-state index in [-0.39, 0.29) is 23.5 Å². The molecule has 1 aromatic heterocycles. The van der Waals surface area contributed by atoms with Crippen molar-refractivity contribution >= 4 is 11.7 Å². The Morgan fingerprint density at radius 3 is 2.63 bits per heavy atom. The van der Waals surface area contributed by atoms with Crippen LogP contribution in [-0.2, 0) is 6.54 Å². The fraction of sp³-hybridized carbons (Fsp3) is 0.478. The first-order chi connectivity index (χ1) is 16.0. The molecule has 1 aromatic carbocycles. The van der Waals surface area contributed by atoms with Crippen molar-refractivity contribution in [1.82, 2.24) is 9.88 Å². The molecule has 0 atom stereocenters. The van der Waals surface area contributed by atoms with Crippen LogP contribution in [0.2, 0.25) is 0 Å². The van der Waals surface area contributed by atoms with E-state index in [1.54, 1.807) is 18.0 Å². The number of anilines is 1. The van der Waals surface area contributed by atoms with Gasteiger partial charge in [-0.05, 0) is 37.1 Å². The van der Waals surface area contributed by atoms with Crippen LogP contribution in [0.15, 0.2) is 18.2 Å². The first kappa shape index (κ1) is 14.9. The molecule has 1 fully saturated rings. The Morgan fingerprint density at radius 1 is 1.13 bits per heavy atom. The summed E-state index contributed by atoms with van der Waals surface area (Å²) < 4.78 is 47.4. The Bertz CT molecular complexity index is 1170. The zero-order valence-electron chi connectivity index (χ0n) is 21.3. The summed E-state index contributed by atoms with van der Waals surface area (Å²) in [7, 11) is 1.80. The van der Waals surface area contributed by atoms with Gasteiger partial charge in [-0.1, -0.05) is 0 Å². The highest BCUT2D eigenvalue weighted by molar-refractivity contribution is 5.99. The Kier molecular flexibility index (Phi) is 3.67. The van der Waals surface area contributed by atoms with Crippen LogP contribution >= 0.6 is 0 Å². The molecule has 3 aliphatic rings. The molecule has 0 N–H and O–H groups in total. The van der Waals surface area contributed by atoms with Gasteiger partial charge in [0.05, 0.1) is 23.3 Å². The summed E-state index contributed by atoms with van der Waals surface area (Å²) in [4.78, 5) is 21.2. The number of carbonyl (C=O) groups is 1. The Labute approximate surface area is 182 Å². The van der Waals surface area contributed by atoms with Gasteiger partial charge in [-0.3, -0.25) is 4.79 Å². The summed E-state index contributed by atoms with van der Waals surface area (Å²) in [6.45, 7) is 0.861. The molecule has 7 heteroatoms. The molecule has 1 amide bonds. The van der Waals surface area contributed by atoms with Gasteiger partial charge in [-0.25, -0.2) is 4.98 Å². The number of benzene rings is 1. The number of amides is 1. The summed E-state index contributed by atoms with van der Waals surface area (Å²) in [6, 6.07) is 4.75. The fourth-order valence-corrected chi connectivity index (χ4v) is 4.29. The van der Waals surface area contributed by atoms with E-state index in [4.69, 9.17) is 24.7 Å². The molecule has 158 valence electrons. The Balaban J connectivity index is 1.27. The zero-order valence-corrected chi connectivity index (χ0v) is 17.3. The molecule has 7 nitrogen and oxygen atoms in total. The molecular formula is C23H27N3O4. The molecule has 1 saturated heterocycles. The standard InChI is InChI=1S/C23H27N3O4/c1-14-15(2)22(24-18-13-25(3)23(27)21(14)18)26-8-6-16(7-9-26)30-17-4-5-19-20(12-17)29-11-10-28-19/h4-5,12,16H,6-11,13H2,1-3H3/i10D2,11D2. The molecule has 0 unspecified atom stereocenters. The van der Waals surface area contributed by atoms with E-state index in [9.17, 15) is 4.79 Å². The van der Waals surface area contributed by atoms with E-state index in [1.165, 1.54) is 12.1 Å². The summed E-state index contributed by atoms with van der Waals surface area (Å²) in [5.74, 6) is 1.73. The maximum atomic E-state index is 12.4. The number of pyridine rings is 1. The van der Waals surface area contributed by atoms with Crippen LogP contribution in [0.1, 0.15) is 45.5 Å². The number of fused-ring (bicyclic) bond motifs is 2. The maximum Gasteiger partial charge on any atom is 0.256 e. The van der Waals surface area contributed by atoms with E-state index in [2.05, 4.69) is 4.90 Å². The average Bonchev–Trinajstić information content (AvgIpc) is 3.05. The number of carbonyl (C=O) groups excluding carboxylic acids is 1. The van der Waals surface area contributed by atoms with Gasteiger partial charge < -0.3 is 24.0 Å². The summed E-state index contributed by atoms with van der Waals surface area (Å²) in [6.07, 6.45) is 1.51. The molecule has 0 bridgehead atoms. The number of rotatable bonds is 3. The van der Waals surface area contributed by atoms with Crippen LogP contribution in [0, 0.1) is 13.8 Å². The quantitative estimate of drug-likeness (QED) is 0.771. The van der Waals surface area contributed by atoms with Crippen LogP contribution in [0.3, 0.4) is 0 Å². The second kappa shape index (κ2) is 7.38. The van der Waals surface area contributed by atoms with Gasteiger partial charge in [0, 0.05) is 39.0 Å². The average molecular weight is 414 g/mol. The van der Waals surface area contributed by atoms with E-state index >= 15 is 0 Å². The minimum atomic E-state index is -2.61. The molecule has 2 aromatic rings. The SMILES string of the molecule is [2H]C1([2H])Oc2ccc(OC3CCN(c4nc5c(c(C)c4C)C(=O)N(C)C5)CC3)cc2OC1([2H])[2H]. The van der Waals surface area contributed by atoms with Crippen molar-refractivity contribution in [2.45, 2.75) is 39.3 Å². The minimum absolute atomic E-state index is 0.0328. The number of aromatic nitrogens is 1. The lowest BCUT2D eigenvalue weighted by Gasteiger charge is -2.34. The number of nitrogens with zero attached hydrogens (tertiary/aromatic N) is 3. The molecule has 0 radical (unpaired) electrons. The Hall–Kier alpha value is -2.96. The van der Waals surface area contributed by atoms with Crippen molar-refractivity contribution < 1.29 is 24.5 Å². The van der Waals surface area contributed by atoms with Crippen LogP contribution < -0.4 is 19.1 Å². The summed E-state index contributed by atoms with van der Waals surface area (Å²) in [5, 5.41) is 0. The van der Waals surface area contributed by atoms with Gasteiger partial charge in [0.1, 0.15) is 30.8 Å². The first-order valence-corrected chi connectivity index (χ1v) is 10.2. The van der Waals surface area contributed by atoms with Gasteiger partial charge in [-0.15, -0.1) is 0 Å². The van der Waals surface area contributed by atoms with Crippen LogP contribution in [0.4, 0.5) is 5.82 Å². The van der Waals surface area contributed by atoms with E-state index < -0.39 is 13.1 Å². The lowest BCUT2D eigenvalue weighted by molar-refractivity contribution is 0.0815. The van der Waals surface area contributed by atoms with Gasteiger partial charge in [0.25, 0.3) is 5.91 Å². The van der Waals surface area contributed by atoms with E-state index in [0.29, 0.717) is 12.3 Å². The molecular weight excluding hydrogens is 382 g/mol. The molecule has 5 rings (SSSR count). The predicted octanol–water partition coefficient (Wildman–Crippen LogP) is 3.10. The lowest BCUT2D eigenvalue weighted by Crippen LogP contribution is -2.39. The smallest absolute Gasteiger partial charge is 0.256 e. The van der Waals surface area contributed by atoms with Gasteiger partial charge in [0.15, 0.2) is 11.5 Å². The number of hydrogen-bond acceptors (Lipinski definition) is 6. The second-order valence-corrected chi connectivity index (χ2v) is 7.99. The number of hydrogen-bond donors (Lipinski definition) is 0. The molecule has 3 aliphatic heterocycles. The van der Waals surface area contributed by atoms with Crippen LogP contribution in [0.25, 0.3) is 0 Å². The van der Waals surface area contributed by atoms with Crippen molar-refractivity contribution in [3.63, 3.8) is 0 Å². The molecule has 0 aliphatic carbocycles. The van der Waals surface area contributed by atoms with E-state index in [1.807, 2.05) is 13.8 Å². The molecule has 0 saturated carbocycles. The van der Waals surface area contributed by atoms with Crippen molar-refractivity contribution in [2.24, 2.45) is 0 Å². The van der Waals surface area contributed by atoms with Crippen LogP contribution in [0.5, 0.6) is 17.2 Å². The van der Waals surface area contributed by atoms with Crippen molar-refractivity contribution in [3.8, 4) is 17.2 Å². The lowest BCUT2D eigenvalue weighted by atomic mass is 10.0. The highest BCUT2D eigenvalue weighted by Crippen LogP contribution is 2.35. The summed E-state index contributed by atoms with van der Waals surface area (Å²) in [5.41, 5.74) is 3.60. The third-order valence-electron chi connectivity index (χ3n) is 6.07. The van der Waals surface area contributed by atoms with Gasteiger partial charge in [0.2, 0.25) is 0 Å². The van der Waals surface area contributed by atoms with E-state index in [0.717, 1.165) is 54.1 Å². The largest absolute Gasteiger partial charge is 0.490 e. The van der Waals surface area contributed by atoms with Crippen molar-refractivity contribution in [3.05, 3.63) is 40.6 Å². The normalized spacial score (nSPS) is 23.9. The van der Waals surface area contributed by atoms with Crippen molar-refractivity contribution in [1.29, 1.82) is 0 Å². The highest BCUT2D eigenvalue weighted by Gasteiger charge is 2.31. The minimum Gasteiger partial charge on any atom is -0.490 e. The third kappa shape index (κ3) is 3.22. The predicted molar refractivity (Wildman–Crippen MR) is 113 cm³/mol. The number of ether oxygens (including phenoxy) is 3. The molecule has 4 heterocycles. The number of piperidine rings is 1. The van der Waals surface area contributed by atoms with Crippen LogP contribution in [-0.4, -0.2) is 55.2 Å². The van der Waals surface area contributed by atoms with Crippen molar-refractivity contribution in [2.75, 3.05) is 38.2 Å². The summed E-state index contributed by atoms with van der Waals surface area (Å²) >= 11 is 0. The monoisotopic (exact) mass is 413 g/mol. The highest BCUT2D eigenvalue weighted by atomic mass is 16.6. The fourth-order valence-electron chi connectivity index (χ4n) is 4.29. The molecule has 30 heavy (non-hydrogen) atoms. The maximum absolute atomic E-state index is 12.4. The van der Waals surface area contributed by atoms with Gasteiger partial charge in [-0.2, -0.15) is 0 Å². The Morgan fingerprint density at radius 2 is 1.87 bits per heavy atom. The third-order valence-corrected chi connectivity index (χ3v) is 6.07. The topological polar surface area (TPSA) is 64.1 Å². The second-order valence-electron chi connectivity index (χ2n) is 7.99. The zero-order chi connectivity index (χ0) is 24.4. The molecule has 0 spiro atoms. The first-order valence-electron chi connectivity index (χ1n) is 12.2. The van der Waals surface area contributed by atoms with Gasteiger partial charge >= 0.3 is 0 Å².